The third-order valence-corrected chi connectivity index (χ3v) is 4.63. The van der Waals surface area contributed by atoms with Crippen molar-refractivity contribution in [1.29, 1.82) is 5.26 Å². The smallest absolute Gasteiger partial charge is 0.266 e. The van der Waals surface area contributed by atoms with Crippen LogP contribution in [0.5, 0.6) is 11.5 Å². The zero-order valence-corrected chi connectivity index (χ0v) is 18.0. The van der Waals surface area contributed by atoms with Crippen LogP contribution in [-0.2, 0) is 11.4 Å². The van der Waals surface area contributed by atoms with Crippen LogP contribution in [0.1, 0.15) is 18.1 Å². The molecule has 162 valence electrons. The predicted molar refractivity (Wildman–Crippen MR) is 122 cm³/mol. The third kappa shape index (κ3) is 6.10. The standard InChI is InChI=1S/C25H20ClFN2O3/c1-2-31-24-14-18(9-12-23(24)32-16-17-7-10-20(26)11-8-17)13-19(15-28)25(30)29-22-6-4-3-5-21(22)27/h3-14H,2,16H2,1H3,(H,29,30)/b19-13+. The summed E-state index contributed by atoms with van der Waals surface area (Å²) in [5.74, 6) is -0.298. The topological polar surface area (TPSA) is 71.3 Å². The van der Waals surface area contributed by atoms with E-state index in [-0.39, 0.29) is 11.3 Å². The number of nitrogens with one attached hydrogen (secondary N) is 1. The van der Waals surface area contributed by atoms with Crippen LogP contribution < -0.4 is 14.8 Å². The minimum Gasteiger partial charge on any atom is -0.490 e. The molecule has 0 bridgehead atoms. The summed E-state index contributed by atoms with van der Waals surface area (Å²) in [4.78, 5) is 12.4. The number of hydrogen-bond acceptors (Lipinski definition) is 4. The highest BCUT2D eigenvalue weighted by Gasteiger charge is 2.13. The normalized spacial score (nSPS) is 10.9. The summed E-state index contributed by atoms with van der Waals surface area (Å²) in [5, 5.41) is 12.5. The van der Waals surface area contributed by atoms with E-state index in [2.05, 4.69) is 5.32 Å². The highest BCUT2D eigenvalue weighted by molar-refractivity contribution is 6.30. The lowest BCUT2D eigenvalue weighted by atomic mass is 10.1. The fourth-order valence-corrected chi connectivity index (χ4v) is 2.94. The molecule has 0 heterocycles. The maximum Gasteiger partial charge on any atom is 0.266 e. The van der Waals surface area contributed by atoms with Crippen molar-refractivity contribution in [2.45, 2.75) is 13.5 Å². The van der Waals surface area contributed by atoms with E-state index in [0.29, 0.717) is 35.3 Å². The van der Waals surface area contributed by atoms with Crippen molar-refractivity contribution < 1.29 is 18.7 Å². The number of para-hydroxylation sites is 1. The molecule has 0 aliphatic rings. The molecule has 7 heteroatoms. The summed E-state index contributed by atoms with van der Waals surface area (Å²) >= 11 is 5.91. The highest BCUT2D eigenvalue weighted by Crippen LogP contribution is 2.30. The van der Waals surface area contributed by atoms with Crippen molar-refractivity contribution in [3.05, 3.63) is 94.3 Å². The molecule has 0 saturated carbocycles. The molecular weight excluding hydrogens is 431 g/mol. The average molecular weight is 451 g/mol. The van der Waals surface area contributed by atoms with Crippen LogP contribution in [0.2, 0.25) is 5.02 Å². The Morgan fingerprint density at radius 3 is 2.53 bits per heavy atom. The van der Waals surface area contributed by atoms with E-state index in [1.807, 2.05) is 25.1 Å². The molecule has 1 N–H and O–H groups in total. The molecule has 0 aliphatic carbocycles. The Bertz CT molecular complexity index is 1170. The molecule has 0 spiro atoms. The Hall–Kier alpha value is -3.82. The minimum atomic E-state index is -0.710. The van der Waals surface area contributed by atoms with Gasteiger partial charge in [-0.1, -0.05) is 41.9 Å². The third-order valence-electron chi connectivity index (χ3n) is 4.37. The number of hydrogen-bond donors (Lipinski definition) is 1. The van der Waals surface area contributed by atoms with Crippen LogP contribution in [-0.4, -0.2) is 12.5 Å². The number of carbonyl (C=O) groups excluding carboxylic acids is 1. The first-order valence-electron chi connectivity index (χ1n) is 9.82. The summed E-state index contributed by atoms with van der Waals surface area (Å²) in [6.45, 7) is 2.57. The van der Waals surface area contributed by atoms with E-state index in [1.54, 1.807) is 36.4 Å². The van der Waals surface area contributed by atoms with Gasteiger partial charge in [0.1, 0.15) is 24.1 Å². The van der Waals surface area contributed by atoms with Gasteiger partial charge in [-0.2, -0.15) is 5.26 Å². The monoisotopic (exact) mass is 450 g/mol. The van der Waals surface area contributed by atoms with Gasteiger partial charge in [-0.15, -0.1) is 0 Å². The zero-order valence-electron chi connectivity index (χ0n) is 17.3. The predicted octanol–water partition coefficient (Wildman–Crippen LogP) is 6.00. The molecule has 5 nitrogen and oxygen atoms in total. The van der Waals surface area contributed by atoms with Crippen molar-refractivity contribution >= 4 is 29.3 Å². The molecular formula is C25H20ClFN2O3. The second-order valence-electron chi connectivity index (χ2n) is 6.66. The van der Waals surface area contributed by atoms with Crippen molar-refractivity contribution in [3.63, 3.8) is 0 Å². The van der Waals surface area contributed by atoms with Crippen LogP contribution in [0.3, 0.4) is 0 Å². The van der Waals surface area contributed by atoms with Crippen molar-refractivity contribution in [1.82, 2.24) is 0 Å². The van der Waals surface area contributed by atoms with Gasteiger partial charge in [0.25, 0.3) is 5.91 Å². The zero-order chi connectivity index (χ0) is 22.9. The molecule has 0 fully saturated rings. The van der Waals surface area contributed by atoms with Gasteiger partial charge >= 0.3 is 0 Å². The molecule has 0 saturated heterocycles. The molecule has 32 heavy (non-hydrogen) atoms. The van der Waals surface area contributed by atoms with Crippen molar-refractivity contribution in [3.8, 4) is 17.6 Å². The number of anilines is 1. The summed E-state index contributed by atoms with van der Waals surface area (Å²) in [6, 6.07) is 20.0. The average Bonchev–Trinajstić information content (AvgIpc) is 2.79. The molecule has 0 aliphatic heterocycles. The molecule has 3 aromatic carbocycles. The minimum absolute atomic E-state index is 0.000368. The van der Waals surface area contributed by atoms with Gasteiger partial charge in [0.05, 0.1) is 12.3 Å². The molecule has 0 unspecified atom stereocenters. The molecule has 0 radical (unpaired) electrons. The molecule has 3 aromatic rings. The second-order valence-corrected chi connectivity index (χ2v) is 7.09. The number of amides is 1. The first kappa shape index (κ1) is 22.9. The number of carbonyl (C=O) groups is 1. The SMILES string of the molecule is CCOc1cc(/C=C(\C#N)C(=O)Nc2ccccc2F)ccc1OCc1ccc(Cl)cc1. The Labute approximate surface area is 190 Å². The number of nitrogens with zero attached hydrogens (tertiary/aromatic N) is 1. The van der Waals surface area contributed by atoms with Crippen LogP contribution in [0, 0.1) is 17.1 Å². The van der Waals surface area contributed by atoms with Gasteiger partial charge in [-0.3, -0.25) is 4.79 Å². The number of rotatable bonds is 8. The number of benzene rings is 3. The molecule has 3 rings (SSSR count). The van der Waals surface area contributed by atoms with Gasteiger partial charge in [0.15, 0.2) is 11.5 Å². The van der Waals surface area contributed by atoms with Crippen molar-refractivity contribution in [2.24, 2.45) is 0 Å². The van der Waals surface area contributed by atoms with Crippen LogP contribution in [0.4, 0.5) is 10.1 Å². The van der Waals surface area contributed by atoms with E-state index in [1.165, 1.54) is 24.3 Å². The Kier molecular flexibility index (Phi) is 7.85. The summed E-state index contributed by atoms with van der Waals surface area (Å²) in [5.41, 5.74) is 1.33. The second kappa shape index (κ2) is 11.0. The number of nitriles is 1. The number of ether oxygens (including phenoxy) is 2. The summed E-state index contributed by atoms with van der Waals surface area (Å²) in [6.07, 6.45) is 1.40. The molecule has 0 aromatic heterocycles. The van der Waals surface area contributed by atoms with E-state index < -0.39 is 11.7 Å². The fourth-order valence-electron chi connectivity index (χ4n) is 2.81. The lowest BCUT2D eigenvalue weighted by Gasteiger charge is -2.13. The van der Waals surface area contributed by atoms with Crippen LogP contribution in [0.25, 0.3) is 6.08 Å². The maximum atomic E-state index is 13.8. The van der Waals surface area contributed by atoms with Gasteiger partial charge in [-0.05, 0) is 60.5 Å². The quantitative estimate of drug-likeness (QED) is 0.337. The van der Waals surface area contributed by atoms with E-state index in [4.69, 9.17) is 21.1 Å². The van der Waals surface area contributed by atoms with Crippen LogP contribution >= 0.6 is 11.6 Å². The highest BCUT2D eigenvalue weighted by atomic mass is 35.5. The molecule has 0 atom stereocenters. The maximum absolute atomic E-state index is 13.8. The summed E-state index contributed by atoms with van der Waals surface area (Å²) in [7, 11) is 0. The summed E-state index contributed by atoms with van der Waals surface area (Å²) < 4.78 is 25.3. The lowest BCUT2D eigenvalue weighted by Crippen LogP contribution is -2.14. The van der Waals surface area contributed by atoms with Gasteiger partial charge in [0, 0.05) is 5.02 Å². The van der Waals surface area contributed by atoms with Crippen molar-refractivity contribution in [2.75, 3.05) is 11.9 Å². The Morgan fingerprint density at radius 2 is 1.84 bits per heavy atom. The lowest BCUT2D eigenvalue weighted by molar-refractivity contribution is -0.112. The Balaban J connectivity index is 1.78. The van der Waals surface area contributed by atoms with Gasteiger partial charge in [0.2, 0.25) is 0 Å². The first-order chi connectivity index (χ1) is 15.5. The number of halogens is 2. The van der Waals surface area contributed by atoms with E-state index in [0.717, 1.165) is 5.56 Å². The first-order valence-corrected chi connectivity index (χ1v) is 10.2. The van der Waals surface area contributed by atoms with Crippen LogP contribution in [0.15, 0.2) is 72.3 Å². The van der Waals surface area contributed by atoms with Gasteiger partial charge < -0.3 is 14.8 Å². The molecule has 1 amide bonds. The largest absolute Gasteiger partial charge is 0.490 e. The van der Waals surface area contributed by atoms with E-state index in [9.17, 15) is 14.4 Å². The Morgan fingerprint density at radius 1 is 1.09 bits per heavy atom. The van der Waals surface area contributed by atoms with Gasteiger partial charge in [-0.25, -0.2) is 4.39 Å². The fraction of sp³-hybridized carbons (Fsp3) is 0.120. The van der Waals surface area contributed by atoms with E-state index >= 15 is 0 Å².